The first-order valence-electron chi connectivity index (χ1n) is 6.13. The summed E-state index contributed by atoms with van der Waals surface area (Å²) < 4.78 is 13.4. The summed E-state index contributed by atoms with van der Waals surface area (Å²) in [6, 6.07) is 12.7. The van der Waals surface area contributed by atoms with Crippen LogP contribution in [0.2, 0.25) is 0 Å². The van der Waals surface area contributed by atoms with Gasteiger partial charge < -0.3 is 10.6 Å². The van der Waals surface area contributed by atoms with Crippen molar-refractivity contribution in [2.45, 2.75) is 11.4 Å². The lowest BCUT2D eigenvalue weighted by Gasteiger charge is -2.08. The Kier molecular flexibility index (Phi) is 5.18. The Hall–Kier alpha value is -2.52. The average molecular weight is 301 g/mol. The van der Waals surface area contributed by atoms with E-state index >= 15 is 0 Å². The zero-order valence-corrected chi connectivity index (χ0v) is 11.8. The molecule has 6 heteroatoms. The van der Waals surface area contributed by atoms with Gasteiger partial charge in [0.15, 0.2) is 0 Å². The van der Waals surface area contributed by atoms with Gasteiger partial charge in [0.25, 0.3) is 0 Å². The smallest absolute Gasteiger partial charge is 0.319 e. The van der Waals surface area contributed by atoms with E-state index in [0.717, 1.165) is 16.7 Å². The minimum Gasteiger partial charge on any atom is -0.334 e. The molecule has 106 valence electrons. The fourth-order valence-electron chi connectivity index (χ4n) is 1.65. The molecule has 0 aliphatic rings. The van der Waals surface area contributed by atoms with E-state index in [9.17, 15) is 9.18 Å². The van der Waals surface area contributed by atoms with E-state index in [1.54, 1.807) is 42.5 Å². The summed E-state index contributed by atoms with van der Waals surface area (Å²) >= 11 is 1.05. The van der Waals surface area contributed by atoms with Gasteiger partial charge in [-0.25, -0.2) is 9.18 Å². The molecule has 0 aliphatic carbocycles. The quantitative estimate of drug-likeness (QED) is 0.668. The van der Waals surface area contributed by atoms with Crippen molar-refractivity contribution in [1.82, 2.24) is 5.32 Å². The minimum absolute atomic E-state index is 0.112. The minimum atomic E-state index is -0.418. The number of nitrogens with one attached hydrogen (secondary N) is 2. The molecular formula is C15H12FN3OS. The maximum Gasteiger partial charge on any atom is 0.319 e. The molecule has 4 nitrogen and oxygen atoms in total. The largest absolute Gasteiger partial charge is 0.334 e. The number of carbonyl (C=O) groups excluding carboxylic acids is 1. The molecule has 0 spiro atoms. The summed E-state index contributed by atoms with van der Waals surface area (Å²) in [4.78, 5) is 12.5. The monoisotopic (exact) mass is 301 g/mol. The molecular weight excluding hydrogens is 289 g/mol. The second-order valence-electron chi connectivity index (χ2n) is 4.12. The number of amides is 2. The second kappa shape index (κ2) is 7.31. The highest BCUT2D eigenvalue weighted by atomic mass is 32.2. The van der Waals surface area contributed by atoms with Crippen molar-refractivity contribution in [2.24, 2.45) is 0 Å². The van der Waals surface area contributed by atoms with Crippen molar-refractivity contribution in [2.75, 3.05) is 5.32 Å². The molecule has 0 aromatic heterocycles. The van der Waals surface area contributed by atoms with E-state index in [0.29, 0.717) is 11.3 Å². The number of hydrogen-bond acceptors (Lipinski definition) is 3. The molecule has 21 heavy (non-hydrogen) atoms. The first-order valence-corrected chi connectivity index (χ1v) is 6.95. The van der Waals surface area contributed by atoms with Gasteiger partial charge >= 0.3 is 6.03 Å². The fourth-order valence-corrected chi connectivity index (χ4v) is 2.03. The molecule has 0 heterocycles. The number of rotatable bonds is 4. The van der Waals surface area contributed by atoms with Gasteiger partial charge in [0.1, 0.15) is 11.2 Å². The number of nitrogens with zero attached hydrogens (tertiary/aromatic N) is 1. The Morgan fingerprint density at radius 2 is 1.90 bits per heavy atom. The van der Waals surface area contributed by atoms with Gasteiger partial charge in [0.2, 0.25) is 0 Å². The third kappa shape index (κ3) is 4.51. The summed E-state index contributed by atoms with van der Waals surface area (Å²) in [6.07, 6.45) is 0. The topological polar surface area (TPSA) is 64.9 Å². The number of benzene rings is 2. The van der Waals surface area contributed by atoms with E-state index in [4.69, 9.17) is 5.26 Å². The molecule has 2 aromatic rings. The van der Waals surface area contributed by atoms with Crippen LogP contribution in [0.5, 0.6) is 0 Å². The third-order valence-electron chi connectivity index (χ3n) is 2.67. The number of carbonyl (C=O) groups is 1. The van der Waals surface area contributed by atoms with Gasteiger partial charge in [-0.1, -0.05) is 18.2 Å². The van der Waals surface area contributed by atoms with Gasteiger partial charge in [-0.3, -0.25) is 0 Å². The number of hydrogen-bond donors (Lipinski definition) is 2. The van der Waals surface area contributed by atoms with E-state index in [2.05, 4.69) is 10.6 Å². The maximum atomic E-state index is 13.4. The van der Waals surface area contributed by atoms with Crippen LogP contribution in [0.15, 0.2) is 53.4 Å². The first kappa shape index (κ1) is 14.9. The van der Waals surface area contributed by atoms with Crippen molar-refractivity contribution in [1.29, 1.82) is 5.26 Å². The molecule has 0 saturated carbocycles. The molecule has 2 rings (SSSR count). The highest BCUT2D eigenvalue weighted by Crippen LogP contribution is 2.18. The van der Waals surface area contributed by atoms with Gasteiger partial charge in [-0.05, 0) is 42.1 Å². The lowest BCUT2D eigenvalue weighted by atomic mass is 10.2. The van der Waals surface area contributed by atoms with Crippen molar-refractivity contribution in [3.63, 3.8) is 0 Å². The molecule has 0 fully saturated rings. The summed E-state index contributed by atoms with van der Waals surface area (Å²) in [5.41, 5.74) is 1.02. The zero-order chi connectivity index (χ0) is 15.1. The number of urea groups is 1. The normalized spacial score (nSPS) is 9.71. The van der Waals surface area contributed by atoms with E-state index < -0.39 is 6.03 Å². The number of thioether (sulfide) groups is 1. The SMILES string of the molecule is N#CSc1ccc(NC(=O)NCc2ccccc2F)cc1. The molecule has 2 aromatic carbocycles. The van der Waals surface area contributed by atoms with E-state index in [1.807, 2.05) is 5.40 Å². The van der Waals surface area contributed by atoms with Crippen LogP contribution in [0.4, 0.5) is 14.9 Å². The van der Waals surface area contributed by atoms with Gasteiger partial charge in [0, 0.05) is 22.7 Å². The summed E-state index contributed by atoms with van der Waals surface area (Å²) in [6.45, 7) is 0.112. The zero-order valence-electron chi connectivity index (χ0n) is 11.0. The Morgan fingerprint density at radius 3 is 2.57 bits per heavy atom. The Labute approximate surface area is 126 Å². The predicted octanol–water partition coefficient (Wildman–Crippen LogP) is 3.72. The highest BCUT2D eigenvalue weighted by Gasteiger charge is 2.04. The van der Waals surface area contributed by atoms with Crippen LogP contribution in [0.25, 0.3) is 0 Å². The van der Waals surface area contributed by atoms with E-state index in [1.165, 1.54) is 6.07 Å². The van der Waals surface area contributed by atoms with Crippen LogP contribution in [0.1, 0.15) is 5.56 Å². The van der Waals surface area contributed by atoms with Crippen molar-refractivity contribution < 1.29 is 9.18 Å². The van der Waals surface area contributed by atoms with Crippen molar-refractivity contribution >= 4 is 23.5 Å². The average Bonchev–Trinajstić information content (AvgIpc) is 2.49. The Balaban J connectivity index is 1.87. The standard InChI is InChI=1S/C15H12FN3OS/c16-14-4-2-1-3-11(14)9-18-15(20)19-12-5-7-13(8-6-12)21-10-17/h1-8H,9H2,(H2,18,19,20). The lowest BCUT2D eigenvalue weighted by Crippen LogP contribution is -2.28. The Morgan fingerprint density at radius 1 is 1.19 bits per heavy atom. The maximum absolute atomic E-state index is 13.4. The van der Waals surface area contributed by atoms with Crippen LogP contribution < -0.4 is 10.6 Å². The first-order chi connectivity index (χ1) is 10.2. The van der Waals surface area contributed by atoms with Crippen LogP contribution >= 0.6 is 11.8 Å². The van der Waals surface area contributed by atoms with E-state index in [-0.39, 0.29) is 12.4 Å². The molecule has 0 atom stereocenters. The van der Waals surface area contributed by atoms with Crippen molar-refractivity contribution in [3.05, 3.63) is 59.9 Å². The summed E-state index contributed by atoms with van der Waals surface area (Å²) in [7, 11) is 0. The van der Waals surface area contributed by atoms with Crippen LogP contribution in [0.3, 0.4) is 0 Å². The lowest BCUT2D eigenvalue weighted by molar-refractivity contribution is 0.251. The molecule has 2 N–H and O–H groups in total. The van der Waals surface area contributed by atoms with Crippen LogP contribution in [-0.4, -0.2) is 6.03 Å². The van der Waals surface area contributed by atoms with Gasteiger partial charge in [-0.2, -0.15) is 5.26 Å². The summed E-state index contributed by atoms with van der Waals surface area (Å²) in [5, 5.41) is 15.7. The molecule has 2 amide bonds. The Bertz CT molecular complexity index is 667. The van der Waals surface area contributed by atoms with Gasteiger partial charge in [0.05, 0.1) is 0 Å². The number of thiocyanates is 1. The number of nitriles is 1. The molecule has 0 radical (unpaired) electrons. The molecule has 0 saturated heterocycles. The molecule has 0 unspecified atom stereocenters. The van der Waals surface area contributed by atoms with Crippen LogP contribution in [-0.2, 0) is 6.54 Å². The van der Waals surface area contributed by atoms with Crippen molar-refractivity contribution in [3.8, 4) is 5.40 Å². The van der Waals surface area contributed by atoms with Crippen LogP contribution in [0, 0.1) is 16.5 Å². The third-order valence-corrected chi connectivity index (χ3v) is 3.27. The molecule has 0 bridgehead atoms. The number of halogens is 1. The summed E-state index contributed by atoms with van der Waals surface area (Å²) in [5.74, 6) is -0.351. The van der Waals surface area contributed by atoms with Gasteiger partial charge in [-0.15, -0.1) is 0 Å². The highest BCUT2D eigenvalue weighted by molar-refractivity contribution is 8.03. The molecule has 0 aliphatic heterocycles. The predicted molar refractivity (Wildman–Crippen MR) is 80.2 cm³/mol. The fraction of sp³-hybridized carbons (Fsp3) is 0.0667. The second-order valence-corrected chi connectivity index (χ2v) is 4.97. The number of anilines is 1.